The number of thiophene rings is 1. The van der Waals surface area contributed by atoms with Crippen LogP contribution in [0.25, 0.3) is 0 Å². The summed E-state index contributed by atoms with van der Waals surface area (Å²) in [5.74, 6) is 0.236. The summed E-state index contributed by atoms with van der Waals surface area (Å²) in [4.78, 5) is 38.2. The van der Waals surface area contributed by atoms with Crippen LogP contribution in [0.2, 0.25) is 0 Å². The molecule has 0 spiro atoms. The molecule has 2 aromatic carbocycles. The number of nitrogens with one attached hydrogen (secondary N) is 1. The zero-order valence-corrected chi connectivity index (χ0v) is 20.8. The summed E-state index contributed by atoms with van der Waals surface area (Å²) in [5, 5.41) is 4.92. The van der Waals surface area contributed by atoms with Crippen LogP contribution in [0.3, 0.4) is 0 Å². The molecule has 1 atom stereocenters. The van der Waals surface area contributed by atoms with Crippen molar-refractivity contribution in [2.45, 2.75) is 19.1 Å². The van der Waals surface area contributed by atoms with Crippen LogP contribution < -0.4 is 14.8 Å². The number of benzene rings is 2. The molecule has 0 bridgehead atoms. The summed E-state index contributed by atoms with van der Waals surface area (Å²) in [6, 6.07) is 17.7. The Balaban J connectivity index is 1.76. The summed E-state index contributed by atoms with van der Waals surface area (Å²) >= 11 is 1.51. The van der Waals surface area contributed by atoms with E-state index in [1.807, 2.05) is 47.8 Å². The molecule has 2 aromatic heterocycles. The van der Waals surface area contributed by atoms with Crippen molar-refractivity contribution in [1.82, 2.24) is 20.2 Å². The largest absolute Gasteiger partial charge is 0.493 e. The Kier molecular flexibility index (Phi) is 8.25. The van der Waals surface area contributed by atoms with E-state index in [-0.39, 0.29) is 18.1 Å². The highest BCUT2D eigenvalue weighted by Gasteiger charge is 2.33. The summed E-state index contributed by atoms with van der Waals surface area (Å²) in [7, 11) is 3.07. The quantitative estimate of drug-likeness (QED) is 0.348. The van der Waals surface area contributed by atoms with Gasteiger partial charge in [-0.2, -0.15) is 0 Å². The number of carbonyl (C=O) groups excluding carboxylic acids is 2. The second-order valence-electron chi connectivity index (χ2n) is 7.82. The first-order chi connectivity index (χ1) is 17.6. The van der Waals surface area contributed by atoms with Gasteiger partial charge in [-0.05, 0) is 34.7 Å². The molecule has 4 aromatic rings. The maximum Gasteiger partial charge on any atom is 0.275 e. The summed E-state index contributed by atoms with van der Waals surface area (Å²) < 4.78 is 10.9. The second-order valence-corrected chi connectivity index (χ2v) is 8.86. The molecule has 184 valence electrons. The molecular formula is C27H26N4O4S. The van der Waals surface area contributed by atoms with Crippen molar-refractivity contribution in [1.29, 1.82) is 0 Å². The normalized spacial score (nSPS) is 11.4. The lowest BCUT2D eigenvalue weighted by atomic mass is 10.0. The van der Waals surface area contributed by atoms with E-state index < -0.39 is 11.9 Å². The molecule has 1 N–H and O–H groups in total. The predicted octanol–water partition coefficient (Wildman–Crippen LogP) is 4.26. The number of methoxy groups -OCH3 is 2. The van der Waals surface area contributed by atoms with Crippen LogP contribution in [0.5, 0.6) is 11.5 Å². The minimum Gasteiger partial charge on any atom is -0.493 e. The highest BCUT2D eigenvalue weighted by atomic mass is 32.1. The van der Waals surface area contributed by atoms with Gasteiger partial charge >= 0.3 is 0 Å². The number of aromatic nitrogens is 2. The number of ether oxygens (including phenoxy) is 2. The summed E-state index contributed by atoms with van der Waals surface area (Å²) in [6.45, 7) is 0.528. The number of amides is 2. The highest BCUT2D eigenvalue weighted by Crippen LogP contribution is 2.34. The van der Waals surface area contributed by atoms with E-state index >= 15 is 0 Å². The minimum absolute atomic E-state index is 0.149. The van der Waals surface area contributed by atoms with Gasteiger partial charge < -0.3 is 19.7 Å². The average Bonchev–Trinajstić information content (AvgIpc) is 3.45. The van der Waals surface area contributed by atoms with Crippen molar-refractivity contribution in [3.8, 4) is 11.5 Å². The molecule has 0 aliphatic heterocycles. The fourth-order valence-electron chi connectivity index (χ4n) is 3.78. The first kappa shape index (κ1) is 24.9. The SMILES string of the molecule is COc1ccc([C@@H](C(=O)NCc2ccccc2)N(Cc2cccs2)C(=O)c2cnccn2)cc1OC. The molecular weight excluding hydrogens is 476 g/mol. The van der Waals surface area contributed by atoms with E-state index in [1.165, 1.54) is 41.9 Å². The molecule has 0 unspecified atom stereocenters. The Labute approximate surface area is 213 Å². The number of carbonyl (C=O) groups is 2. The third-order valence-corrected chi connectivity index (χ3v) is 6.40. The topological polar surface area (TPSA) is 93.7 Å². The Bertz CT molecular complexity index is 1280. The van der Waals surface area contributed by atoms with Crippen LogP contribution in [0.4, 0.5) is 0 Å². The summed E-state index contributed by atoms with van der Waals surface area (Å²) in [5.41, 5.74) is 1.67. The molecule has 2 amide bonds. The van der Waals surface area contributed by atoms with Gasteiger partial charge in [0.05, 0.1) is 27.0 Å². The molecule has 2 heterocycles. The first-order valence-electron chi connectivity index (χ1n) is 11.2. The lowest BCUT2D eigenvalue weighted by Gasteiger charge is -2.31. The van der Waals surface area contributed by atoms with Gasteiger partial charge in [0.2, 0.25) is 5.91 Å². The molecule has 9 heteroatoms. The third-order valence-electron chi connectivity index (χ3n) is 5.54. The molecule has 36 heavy (non-hydrogen) atoms. The van der Waals surface area contributed by atoms with E-state index in [9.17, 15) is 9.59 Å². The van der Waals surface area contributed by atoms with Crippen LogP contribution in [-0.2, 0) is 17.9 Å². The number of hydrogen-bond acceptors (Lipinski definition) is 7. The smallest absolute Gasteiger partial charge is 0.275 e. The fraction of sp³-hybridized carbons (Fsp3) is 0.185. The van der Waals surface area contributed by atoms with Gasteiger partial charge in [0.1, 0.15) is 11.7 Å². The van der Waals surface area contributed by atoms with Crippen molar-refractivity contribution in [2.24, 2.45) is 0 Å². The van der Waals surface area contributed by atoms with Crippen molar-refractivity contribution >= 4 is 23.2 Å². The molecule has 4 rings (SSSR count). The number of nitrogens with zero attached hydrogens (tertiary/aromatic N) is 3. The minimum atomic E-state index is -0.967. The predicted molar refractivity (Wildman–Crippen MR) is 137 cm³/mol. The first-order valence-corrected chi connectivity index (χ1v) is 12.1. The van der Waals surface area contributed by atoms with Crippen molar-refractivity contribution in [3.05, 3.63) is 106 Å². The Morgan fingerprint density at radius 2 is 1.81 bits per heavy atom. The molecule has 0 aliphatic carbocycles. The van der Waals surface area contributed by atoms with Crippen LogP contribution in [-0.4, -0.2) is 40.9 Å². The molecule has 0 fully saturated rings. The number of hydrogen-bond donors (Lipinski definition) is 1. The monoisotopic (exact) mass is 502 g/mol. The van der Waals surface area contributed by atoms with Crippen LogP contribution >= 0.6 is 11.3 Å². The average molecular weight is 503 g/mol. The Morgan fingerprint density at radius 3 is 2.47 bits per heavy atom. The third kappa shape index (κ3) is 5.87. The van der Waals surface area contributed by atoms with E-state index in [0.717, 1.165) is 10.4 Å². The van der Waals surface area contributed by atoms with Crippen molar-refractivity contribution in [2.75, 3.05) is 14.2 Å². The Hall–Kier alpha value is -4.24. The maximum absolute atomic E-state index is 13.8. The van der Waals surface area contributed by atoms with E-state index in [0.29, 0.717) is 23.6 Å². The fourth-order valence-corrected chi connectivity index (χ4v) is 4.49. The van der Waals surface area contributed by atoms with E-state index in [2.05, 4.69) is 15.3 Å². The molecule has 0 saturated heterocycles. The lowest BCUT2D eigenvalue weighted by molar-refractivity contribution is -0.126. The number of rotatable bonds is 10. The van der Waals surface area contributed by atoms with Gasteiger partial charge in [-0.1, -0.05) is 42.5 Å². The maximum atomic E-state index is 13.8. The zero-order valence-electron chi connectivity index (χ0n) is 20.0. The van der Waals surface area contributed by atoms with Gasteiger partial charge in [-0.3, -0.25) is 14.6 Å². The standard InChI is InChI=1S/C27H26N4O4S/c1-34-23-11-10-20(15-24(23)35-2)25(26(32)30-16-19-7-4-3-5-8-19)31(18-21-9-6-14-36-21)27(33)22-17-28-12-13-29-22/h3-15,17,25H,16,18H2,1-2H3,(H,30,32)/t25-/m0/s1. The van der Waals surface area contributed by atoms with Gasteiger partial charge in [-0.15, -0.1) is 11.3 Å². The summed E-state index contributed by atoms with van der Waals surface area (Å²) in [6.07, 6.45) is 4.35. The van der Waals surface area contributed by atoms with Gasteiger partial charge in [0.15, 0.2) is 11.5 Å². The highest BCUT2D eigenvalue weighted by molar-refractivity contribution is 7.09. The molecule has 8 nitrogen and oxygen atoms in total. The van der Waals surface area contributed by atoms with Crippen LogP contribution in [0, 0.1) is 0 Å². The van der Waals surface area contributed by atoms with Crippen LogP contribution in [0.1, 0.15) is 32.5 Å². The molecule has 0 saturated carbocycles. The van der Waals surface area contributed by atoms with Gasteiger partial charge in [0, 0.05) is 23.8 Å². The van der Waals surface area contributed by atoms with E-state index in [1.54, 1.807) is 25.3 Å². The van der Waals surface area contributed by atoms with Gasteiger partial charge in [0.25, 0.3) is 5.91 Å². The zero-order chi connectivity index (χ0) is 25.3. The van der Waals surface area contributed by atoms with Crippen molar-refractivity contribution in [3.63, 3.8) is 0 Å². The lowest BCUT2D eigenvalue weighted by Crippen LogP contribution is -2.43. The Morgan fingerprint density at radius 1 is 1.00 bits per heavy atom. The van der Waals surface area contributed by atoms with Crippen LogP contribution in [0.15, 0.2) is 84.6 Å². The van der Waals surface area contributed by atoms with E-state index in [4.69, 9.17) is 9.47 Å². The molecule has 0 aliphatic rings. The van der Waals surface area contributed by atoms with Gasteiger partial charge in [-0.25, -0.2) is 4.98 Å². The molecule has 0 radical (unpaired) electrons. The second kappa shape index (κ2) is 11.9. The van der Waals surface area contributed by atoms with Crippen molar-refractivity contribution < 1.29 is 19.1 Å².